The quantitative estimate of drug-likeness (QED) is 0.640. The van der Waals surface area contributed by atoms with Crippen molar-refractivity contribution in [1.29, 1.82) is 0 Å². The minimum absolute atomic E-state index is 0.136. The van der Waals surface area contributed by atoms with E-state index in [9.17, 15) is 5.11 Å². The van der Waals surface area contributed by atoms with Gasteiger partial charge in [0.15, 0.2) is 0 Å². The molecule has 1 aliphatic heterocycles. The molecule has 2 heteroatoms. The predicted molar refractivity (Wildman–Crippen MR) is 54.3 cm³/mol. The van der Waals surface area contributed by atoms with Crippen molar-refractivity contribution in [3.63, 3.8) is 0 Å². The molecule has 0 aromatic heterocycles. The molecule has 0 amide bonds. The van der Waals surface area contributed by atoms with Crippen LogP contribution in [0.15, 0.2) is 0 Å². The van der Waals surface area contributed by atoms with Crippen molar-refractivity contribution < 1.29 is 5.11 Å². The van der Waals surface area contributed by atoms with Crippen LogP contribution in [0.5, 0.6) is 0 Å². The third-order valence-corrected chi connectivity index (χ3v) is 2.67. The Bertz CT molecular complexity index is 186. The fourth-order valence-electron chi connectivity index (χ4n) is 1.81. The van der Waals surface area contributed by atoms with Gasteiger partial charge in [0.2, 0.25) is 0 Å². The van der Waals surface area contributed by atoms with Gasteiger partial charge in [0, 0.05) is 6.42 Å². The third-order valence-electron chi connectivity index (χ3n) is 2.67. The summed E-state index contributed by atoms with van der Waals surface area (Å²) in [5.41, 5.74) is 0. The number of hydrogen-bond acceptors (Lipinski definition) is 2. The second kappa shape index (κ2) is 6.01. The minimum Gasteiger partial charge on any atom is -0.393 e. The van der Waals surface area contributed by atoms with Gasteiger partial charge in [-0.05, 0) is 45.2 Å². The summed E-state index contributed by atoms with van der Waals surface area (Å²) in [6, 6.07) is 0. The molecule has 1 rings (SSSR count). The van der Waals surface area contributed by atoms with Crippen molar-refractivity contribution in [2.75, 3.05) is 13.1 Å². The highest BCUT2D eigenvalue weighted by atomic mass is 16.3. The Kier molecular flexibility index (Phi) is 4.88. The molecule has 0 spiro atoms. The van der Waals surface area contributed by atoms with E-state index in [0.29, 0.717) is 5.92 Å². The predicted octanol–water partition coefficient (Wildman–Crippen LogP) is 1.15. The molecule has 0 radical (unpaired) electrons. The van der Waals surface area contributed by atoms with Gasteiger partial charge in [-0.1, -0.05) is 0 Å². The Morgan fingerprint density at radius 3 is 2.77 bits per heavy atom. The average molecular weight is 181 g/mol. The first-order valence-corrected chi connectivity index (χ1v) is 5.13. The van der Waals surface area contributed by atoms with Crippen LogP contribution in [0.3, 0.4) is 0 Å². The Balaban J connectivity index is 2.19. The molecule has 1 fully saturated rings. The van der Waals surface area contributed by atoms with Crippen molar-refractivity contribution in [3.8, 4) is 11.8 Å². The highest BCUT2D eigenvalue weighted by Crippen LogP contribution is 2.19. The summed E-state index contributed by atoms with van der Waals surface area (Å²) in [5.74, 6) is 6.35. The summed E-state index contributed by atoms with van der Waals surface area (Å²) < 4.78 is 0. The topological polar surface area (TPSA) is 32.3 Å². The third kappa shape index (κ3) is 3.80. The zero-order valence-electron chi connectivity index (χ0n) is 8.34. The molecule has 1 unspecified atom stereocenters. The molecular weight excluding hydrogens is 162 g/mol. The maximum atomic E-state index is 9.81. The van der Waals surface area contributed by atoms with Gasteiger partial charge in [0.1, 0.15) is 0 Å². The van der Waals surface area contributed by atoms with Crippen LogP contribution >= 0.6 is 0 Å². The molecule has 0 aromatic carbocycles. The number of rotatable bonds is 3. The van der Waals surface area contributed by atoms with Gasteiger partial charge in [0.05, 0.1) is 6.10 Å². The number of hydrogen-bond donors (Lipinski definition) is 2. The summed E-state index contributed by atoms with van der Waals surface area (Å²) in [6.07, 6.45) is 3.76. The first-order chi connectivity index (χ1) is 6.34. The summed E-state index contributed by atoms with van der Waals surface area (Å²) in [7, 11) is 0. The summed E-state index contributed by atoms with van der Waals surface area (Å²) in [4.78, 5) is 0. The Morgan fingerprint density at radius 1 is 1.46 bits per heavy atom. The molecule has 2 N–H and O–H groups in total. The van der Waals surface area contributed by atoms with Gasteiger partial charge in [0.25, 0.3) is 0 Å². The lowest BCUT2D eigenvalue weighted by atomic mass is 9.90. The van der Waals surface area contributed by atoms with Gasteiger partial charge in [-0.2, -0.15) is 0 Å². The van der Waals surface area contributed by atoms with Gasteiger partial charge < -0.3 is 10.4 Å². The molecule has 2 nitrogen and oxygen atoms in total. The lowest BCUT2D eigenvalue weighted by molar-refractivity contribution is 0.0824. The molecule has 0 bridgehead atoms. The maximum Gasteiger partial charge on any atom is 0.0578 e. The number of aliphatic hydroxyl groups is 1. The van der Waals surface area contributed by atoms with Crippen LogP contribution in [-0.4, -0.2) is 24.3 Å². The highest BCUT2D eigenvalue weighted by molar-refractivity contribution is 4.95. The van der Waals surface area contributed by atoms with E-state index < -0.39 is 0 Å². The fraction of sp³-hybridized carbons (Fsp3) is 0.818. The highest BCUT2D eigenvalue weighted by Gasteiger charge is 2.20. The molecular formula is C11H19NO. The smallest absolute Gasteiger partial charge is 0.0578 e. The molecule has 1 atom stereocenters. The van der Waals surface area contributed by atoms with Gasteiger partial charge in [-0.3, -0.25) is 0 Å². The Labute approximate surface area is 80.7 Å². The summed E-state index contributed by atoms with van der Waals surface area (Å²) >= 11 is 0. The van der Waals surface area contributed by atoms with Crippen LogP contribution in [0.25, 0.3) is 0 Å². The Hall–Kier alpha value is -0.520. The number of piperidine rings is 1. The van der Waals surface area contributed by atoms with Crippen LogP contribution in [0.4, 0.5) is 0 Å². The van der Waals surface area contributed by atoms with Crippen LogP contribution < -0.4 is 5.32 Å². The van der Waals surface area contributed by atoms with Crippen molar-refractivity contribution in [2.24, 2.45) is 5.92 Å². The molecule has 0 aliphatic carbocycles. The van der Waals surface area contributed by atoms with E-state index in [1.54, 1.807) is 0 Å². The van der Waals surface area contributed by atoms with Crippen LogP contribution in [0.1, 0.15) is 32.6 Å². The van der Waals surface area contributed by atoms with Crippen LogP contribution in [0, 0.1) is 17.8 Å². The van der Waals surface area contributed by atoms with E-state index >= 15 is 0 Å². The van der Waals surface area contributed by atoms with E-state index in [1.807, 2.05) is 6.92 Å². The fourth-order valence-corrected chi connectivity index (χ4v) is 1.81. The van der Waals surface area contributed by atoms with Gasteiger partial charge in [-0.25, -0.2) is 0 Å². The standard InChI is InChI=1S/C11H19NO/c1-2-3-4-5-11(13)10-6-8-12-9-7-10/h10-13H,4-9H2,1H3. The average Bonchev–Trinajstić information content (AvgIpc) is 2.19. The maximum absolute atomic E-state index is 9.81. The van der Waals surface area contributed by atoms with Gasteiger partial charge >= 0.3 is 0 Å². The second-order valence-corrected chi connectivity index (χ2v) is 3.62. The SMILES string of the molecule is CC#CCCC(O)C1CCNCC1. The minimum atomic E-state index is -0.136. The summed E-state index contributed by atoms with van der Waals surface area (Å²) in [5, 5.41) is 13.1. The monoisotopic (exact) mass is 181 g/mol. The molecule has 0 aromatic rings. The summed E-state index contributed by atoms with van der Waals surface area (Å²) in [6.45, 7) is 3.96. The zero-order valence-corrected chi connectivity index (χ0v) is 8.34. The molecule has 1 saturated heterocycles. The van der Waals surface area contributed by atoms with E-state index in [0.717, 1.165) is 38.8 Å². The largest absolute Gasteiger partial charge is 0.393 e. The number of nitrogens with one attached hydrogen (secondary N) is 1. The molecule has 13 heavy (non-hydrogen) atoms. The van der Waals surface area contributed by atoms with E-state index in [-0.39, 0.29) is 6.10 Å². The van der Waals surface area contributed by atoms with E-state index in [1.165, 1.54) is 0 Å². The first kappa shape index (κ1) is 10.6. The molecule has 1 aliphatic rings. The number of aliphatic hydroxyl groups excluding tert-OH is 1. The van der Waals surface area contributed by atoms with E-state index in [4.69, 9.17) is 0 Å². The molecule has 74 valence electrons. The van der Waals surface area contributed by atoms with Crippen molar-refractivity contribution >= 4 is 0 Å². The van der Waals surface area contributed by atoms with Gasteiger partial charge in [-0.15, -0.1) is 11.8 Å². The Morgan fingerprint density at radius 2 is 2.15 bits per heavy atom. The van der Waals surface area contributed by atoms with Crippen molar-refractivity contribution in [2.45, 2.75) is 38.7 Å². The van der Waals surface area contributed by atoms with Crippen molar-refractivity contribution in [3.05, 3.63) is 0 Å². The lowest BCUT2D eigenvalue weighted by Crippen LogP contribution is -2.33. The second-order valence-electron chi connectivity index (χ2n) is 3.62. The molecule has 1 heterocycles. The van der Waals surface area contributed by atoms with Crippen LogP contribution in [-0.2, 0) is 0 Å². The van der Waals surface area contributed by atoms with Crippen LogP contribution in [0.2, 0.25) is 0 Å². The van der Waals surface area contributed by atoms with E-state index in [2.05, 4.69) is 17.2 Å². The zero-order chi connectivity index (χ0) is 9.52. The van der Waals surface area contributed by atoms with Crippen molar-refractivity contribution in [1.82, 2.24) is 5.32 Å². The molecule has 0 saturated carbocycles. The lowest BCUT2D eigenvalue weighted by Gasteiger charge is -2.26. The first-order valence-electron chi connectivity index (χ1n) is 5.13. The normalized spacial score (nSPS) is 20.5.